The smallest absolute Gasteiger partial charge is 0.330 e. The van der Waals surface area contributed by atoms with Gasteiger partial charge >= 0.3 is 5.69 Å². The molecule has 1 aliphatic rings. The van der Waals surface area contributed by atoms with Crippen molar-refractivity contribution in [1.82, 2.24) is 9.78 Å². The Morgan fingerprint density at radius 1 is 1.45 bits per heavy atom. The molecule has 2 N–H and O–H groups in total. The topological polar surface area (TPSA) is 105 Å². The Labute approximate surface area is 113 Å². The zero-order valence-electron chi connectivity index (χ0n) is 10.6. The van der Waals surface area contributed by atoms with Gasteiger partial charge in [-0.15, -0.1) is 0 Å². The van der Waals surface area contributed by atoms with Crippen LogP contribution in [-0.4, -0.2) is 21.5 Å². The van der Waals surface area contributed by atoms with E-state index < -0.39 is 4.92 Å². The van der Waals surface area contributed by atoms with Crippen LogP contribution in [0, 0.1) is 10.1 Å². The molecule has 0 amide bonds. The Hall–Kier alpha value is -2.77. The molecule has 8 nitrogen and oxygen atoms in total. The second kappa shape index (κ2) is 4.41. The molecule has 1 aromatic carbocycles. The van der Waals surface area contributed by atoms with Gasteiger partial charge in [-0.25, -0.2) is 4.68 Å². The van der Waals surface area contributed by atoms with Crippen LogP contribution in [0.2, 0.25) is 0 Å². The lowest BCUT2D eigenvalue weighted by Gasteiger charge is -2.14. The SMILES string of the molecule is CC(c1ccc2c(c1)OCO2)n1ncc([N+](=O)[O-])c1N. The highest BCUT2D eigenvalue weighted by atomic mass is 16.7. The quantitative estimate of drug-likeness (QED) is 0.675. The van der Waals surface area contributed by atoms with E-state index in [-0.39, 0.29) is 24.3 Å². The number of fused-ring (bicyclic) bond motifs is 1. The standard InChI is InChI=1S/C12H12N4O4/c1-7(15-12(13)9(5-14-15)16(17)18)8-2-3-10-11(4-8)20-6-19-10/h2-5,7H,6,13H2,1H3. The molecule has 0 saturated carbocycles. The Morgan fingerprint density at radius 3 is 2.90 bits per heavy atom. The average molecular weight is 276 g/mol. The van der Waals surface area contributed by atoms with Crippen molar-refractivity contribution in [3.8, 4) is 11.5 Å². The molecule has 1 aromatic heterocycles. The lowest BCUT2D eigenvalue weighted by atomic mass is 10.1. The lowest BCUT2D eigenvalue weighted by Crippen LogP contribution is -2.11. The van der Waals surface area contributed by atoms with Crippen LogP contribution in [0.5, 0.6) is 11.5 Å². The van der Waals surface area contributed by atoms with Gasteiger partial charge in [-0.1, -0.05) is 6.07 Å². The van der Waals surface area contributed by atoms with Gasteiger partial charge in [0.2, 0.25) is 12.6 Å². The first-order valence-electron chi connectivity index (χ1n) is 5.95. The number of rotatable bonds is 3. The molecule has 1 atom stereocenters. The monoisotopic (exact) mass is 276 g/mol. The van der Waals surface area contributed by atoms with E-state index in [1.807, 2.05) is 19.1 Å². The van der Waals surface area contributed by atoms with Gasteiger partial charge in [-0.05, 0) is 24.6 Å². The van der Waals surface area contributed by atoms with Gasteiger partial charge in [-0.2, -0.15) is 5.10 Å². The predicted octanol–water partition coefficient (Wildman–Crippen LogP) is 1.71. The van der Waals surface area contributed by atoms with Gasteiger partial charge < -0.3 is 15.2 Å². The van der Waals surface area contributed by atoms with E-state index in [2.05, 4.69) is 5.10 Å². The molecule has 1 unspecified atom stereocenters. The molecule has 0 saturated heterocycles. The molecule has 2 aromatic rings. The van der Waals surface area contributed by atoms with Crippen LogP contribution in [0.15, 0.2) is 24.4 Å². The Bertz CT molecular complexity index is 682. The van der Waals surface area contributed by atoms with Gasteiger partial charge in [0.25, 0.3) is 0 Å². The maximum atomic E-state index is 10.8. The first kappa shape index (κ1) is 12.3. The van der Waals surface area contributed by atoms with Gasteiger partial charge in [0, 0.05) is 0 Å². The summed E-state index contributed by atoms with van der Waals surface area (Å²) in [5, 5.41) is 14.8. The maximum absolute atomic E-state index is 10.8. The molecule has 0 radical (unpaired) electrons. The second-order valence-electron chi connectivity index (χ2n) is 4.41. The molecule has 1 aliphatic heterocycles. The fourth-order valence-electron chi connectivity index (χ4n) is 2.13. The van der Waals surface area contributed by atoms with Gasteiger partial charge in [0.05, 0.1) is 11.0 Å². The largest absolute Gasteiger partial charge is 0.454 e. The third-order valence-corrected chi connectivity index (χ3v) is 3.26. The Kier molecular flexibility index (Phi) is 2.70. The number of nitrogens with two attached hydrogens (primary N) is 1. The number of nitrogens with zero attached hydrogens (tertiary/aromatic N) is 3. The predicted molar refractivity (Wildman–Crippen MR) is 69.7 cm³/mol. The molecule has 3 rings (SSSR count). The number of benzene rings is 1. The highest BCUT2D eigenvalue weighted by Crippen LogP contribution is 2.35. The molecule has 0 bridgehead atoms. The molecule has 2 heterocycles. The van der Waals surface area contributed by atoms with E-state index in [1.54, 1.807) is 6.07 Å². The van der Waals surface area contributed by atoms with Crippen LogP contribution in [0.4, 0.5) is 11.5 Å². The van der Waals surface area contributed by atoms with Crippen molar-refractivity contribution in [2.45, 2.75) is 13.0 Å². The summed E-state index contributed by atoms with van der Waals surface area (Å²) in [7, 11) is 0. The minimum absolute atomic E-state index is 0.0279. The Balaban J connectivity index is 1.96. The number of nitro groups is 1. The summed E-state index contributed by atoms with van der Waals surface area (Å²) in [4.78, 5) is 10.2. The molecule has 20 heavy (non-hydrogen) atoms. The number of nitrogen functional groups attached to an aromatic ring is 1. The van der Waals surface area contributed by atoms with Crippen LogP contribution >= 0.6 is 0 Å². The first-order chi connectivity index (χ1) is 9.58. The molecule has 0 spiro atoms. The van der Waals surface area contributed by atoms with Gasteiger partial charge in [-0.3, -0.25) is 10.1 Å². The lowest BCUT2D eigenvalue weighted by molar-refractivity contribution is -0.384. The first-order valence-corrected chi connectivity index (χ1v) is 5.95. The van der Waals surface area contributed by atoms with E-state index in [0.29, 0.717) is 11.5 Å². The van der Waals surface area contributed by atoms with Gasteiger partial charge in [0.15, 0.2) is 11.5 Å². The molecular formula is C12H12N4O4. The number of aromatic nitrogens is 2. The van der Waals surface area contributed by atoms with Crippen LogP contribution in [0.1, 0.15) is 18.5 Å². The van der Waals surface area contributed by atoms with E-state index >= 15 is 0 Å². The Morgan fingerprint density at radius 2 is 2.20 bits per heavy atom. The summed E-state index contributed by atoms with van der Waals surface area (Å²) in [6.07, 6.45) is 1.15. The summed E-state index contributed by atoms with van der Waals surface area (Å²) in [5.74, 6) is 1.36. The molecule has 0 fully saturated rings. The minimum atomic E-state index is -0.550. The summed E-state index contributed by atoms with van der Waals surface area (Å²) in [6.45, 7) is 2.05. The van der Waals surface area contributed by atoms with Crippen molar-refractivity contribution in [2.75, 3.05) is 12.5 Å². The van der Waals surface area contributed by atoms with Crippen molar-refractivity contribution < 1.29 is 14.4 Å². The zero-order chi connectivity index (χ0) is 14.3. The second-order valence-corrected chi connectivity index (χ2v) is 4.41. The van der Waals surface area contributed by atoms with Crippen molar-refractivity contribution in [3.05, 3.63) is 40.1 Å². The van der Waals surface area contributed by atoms with Gasteiger partial charge in [0.1, 0.15) is 6.20 Å². The maximum Gasteiger partial charge on any atom is 0.330 e. The zero-order valence-corrected chi connectivity index (χ0v) is 10.6. The van der Waals surface area contributed by atoms with Crippen LogP contribution < -0.4 is 15.2 Å². The third kappa shape index (κ3) is 1.81. The van der Waals surface area contributed by atoms with Crippen molar-refractivity contribution in [1.29, 1.82) is 0 Å². The van der Waals surface area contributed by atoms with E-state index in [0.717, 1.165) is 11.8 Å². The summed E-state index contributed by atoms with van der Waals surface area (Å²) in [6, 6.07) is 5.21. The number of hydrogen-bond donors (Lipinski definition) is 1. The van der Waals surface area contributed by atoms with Crippen molar-refractivity contribution in [2.24, 2.45) is 0 Å². The van der Waals surface area contributed by atoms with Crippen LogP contribution in [-0.2, 0) is 0 Å². The highest BCUT2D eigenvalue weighted by Gasteiger charge is 2.23. The average Bonchev–Trinajstić information content (AvgIpc) is 3.03. The number of ether oxygens (including phenoxy) is 2. The van der Waals surface area contributed by atoms with E-state index in [1.165, 1.54) is 4.68 Å². The van der Waals surface area contributed by atoms with Crippen molar-refractivity contribution >= 4 is 11.5 Å². The van der Waals surface area contributed by atoms with E-state index in [9.17, 15) is 10.1 Å². The number of hydrogen-bond acceptors (Lipinski definition) is 6. The summed E-state index contributed by atoms with van der Waals surface area (Å²) < 4.78 is 12.0. The minimum Gasteiger partial charge on any atom is -0.454 e. The molecule has 8 heteroatoms. The summed E-state index contributed by atoms with van der Waals surface area (Å²) >= 11 is 0. The normalized spacial score (nSPS) is 14.2. The molecule has 0 aliphatic carbocycles. The number of anilines is 1. The summed E-state index contributed by atoms with van der Waals surface area (Å²) in [5.41, 5.74) is 6.44. The molecular weight excluding hydrogens is 264 g/mol. The van der Waals surface area contributed by atoms with Crippen LogP contribution in [0.3, 0.4) is 0 Å². The van der Waals surface area contributed by atoms with Crippen LogP contribution in [0.25, 0.3) is 0 Å². The fourth-order valence-corrected chi connectivity index (χ4v) is 2.13. The molecule has 104 valence electrons. The van der Waals surface area contributed by atoms with E-state index in [4.69, 9.17) is 15.2 Å². The van der Waals surface area contributed by atoms with Crippen molar-refractivity contribution in [3.63, 3.8) is 0 Å². The highest BCUT2D eigenvalue weighted by molar-refractivity contribution is 5.52. The third-order valence-electron chi connectivity index (χ3n) is 3.26. The fraction of sp³-hybridized carbons (Fsp3) is 0.250.